The van der Waals surface area contributed by atoms with Gasteiger partial charge in [0.2, 0.25) is 0 Å². The average Bonchev–Trinajstić information content (AvgIpc) is 2.82. The van der Waals surface area contributed by atoms with Crippen LogP contribution in [0.25, 0.3) is 0 Å². The number of nitro groups is 1. The maximum atomic E-state index is 10.8. The molecule has 88 valence electrons. The zero-order chi connectivity index (χ0) is 12.1. The molecule has 0 fully saturated rings. The minimum atomic E-state index is -0.384. The van der Waals surface area contributed by atoms with Gasteiger partial charge in [-0.3, -0.25) is 10.1 Å². The first-order valence-electron chi connectivity index (χ1n) is 5.12. The summed E-state index contributed by atoms with van der Waals surface area (Å²) >= 11 is 1.55. The topological polar surface area (TPSA) is 68.1 Å². The van der Waals surface area contributed by atoms with Crippen molar-refractivity contribution in [3.05, 3.63) is 51.0 Å². The first kappa shape index (κ1) is 11.5. The van der Waals surface area contributed by atoms with Gasteiger partial charge in [-0.2, -0.15) is 0 Å². The second-order valence-corrected chi connectivity index (χ2v) is 4.15. The van der Waals surface area contributed by atoms with Crippen LogP contribution >= 0.6 is 11.3 Å². The molecule has 0 bridgehead atoms. The predicted octanol–water partition coefficient (Wildman–Crippen LogP) is 2.71. The molecule has 0 atom stereocenters. The normalized spacial score (nSPS) is 10.1. The maximum Gasteiger partial charge on any atom is 0.292 e. The van der Waals surface area contributed by atoms with Gasteiger partial charge in [-0.15, -0.1) is 11.3 Å². The van der Waals surface area contributed by atoms with Crippen LogP contribution in [-0.2, 0) is 6.42 Å². The number of aromatic nitrogens is 1. The summed E-state index contributed by atoms with van der Waals surface area (Å²) in [5, 5.41) is 15.8. The number of hydrogen-bond acceptors (Lipinski definition) is 5. The summed E-state index contributed by atoms with van der Waals surface area (Å²) in [7, 11) is 0. The van der Waals surface area contributed by atoms with Gasteiger partial charge in [0.15, 0.2) is 0 Å². The molecule has 0 amide bonds. The van der Waals surface area contributed by atoms with Crippen molar-refractivity contribution in [2.45, 2.75) is 6.42 Å². The Morgan fingerprint density at radius 3 is 2.94 bits per heavy atom. The highest BCUT2D eigenvalue weighted by Gasteiger charge is 2.11. The van der Waals surface area contributed by atoms with E-state index in [1.807, 2.05) is 5.38 Å². The molecule has 2 rings (SSSR count). The number of rotatable bonds is 5. The second kappa shape index (κ2) is 5.40. The molecule has 1 heterocycles. The molecule has 0 saturated carbocycles. The molecule has 0 aliphatic heterocycles. The third-order valence-corrected chi connectivity index (χ3v) is 2.92. The quantitative estimate of drug-likeness (QED) is 0.653. The highest BCUT2D eigenvalue weighted by molar-refractivity contribution is 7.07. The number of nitrogens with one attached hydrogen (secondary N) is 1. The van der Waals surface area contributed by atoms with Crippen molar-refractivity contribution in [3.8, 4) is 0 Å². The van der Waals surface area contributed by atoms with Crippen LogP contribution in [0.15, 0.2) is 35.2 Å². The smallest absolute Gasteiger partial charge is 0.292 e. The zero-order valence-corrected chi connectivity index (χ0v) is 9.81. The molecule has 0 spiro atoms. The lowest BCUT2D eigenvalue weighted by atomic mass is 10.2. The Kier molecular flexibility index (Phi) is 3.66. The molecule has 2 aromatic rings. The van der Waals surface area contributed by atoms with Gasteiger partial charge in [0.05, 0.1) is 16.1 Å². The van der Waals surface area contributed by atoms with Crippen LogP contribution in [0.2, 0.25) is 0 Å². The van der Waals surface area contributed by atoms with E-state index in [1.54, 1.807) is 35.0 Å². The minimum absolute atomic E-state index is 0.103. The molecule has 0 saturated heterocycles. The summed E-state index contributed by atoms with van der Waals surface area (Å²) in [6, 6.07) is 6.63. The van der Waals surface area contributed by atoms with E-state index in [-0.39, 0.29) is 10.6 Å². The van der Waals surface area contributed by atoms with E-state index in [2.05, 4.69) is 10.3 Å². The number of nitro benzene ring substituents is 1. The molecule has 6 heteroatoms. The predicted molar refractivity (Wildman–Crippen MR) is 67.4 cm³/mol. The third-order valence-electron chi connectivity index (χ3n) is 2.28. The van der Waals surface area contributed by atoms with Gasteiger partial charge >= 0.3 is 0 Å². The fourth-order valence-corrected chi connectivity index (χ4v) is 2.06. The average molecular weight is 249 g/mol. The van der Waals surface area contributed by atoms with Crippen LogP contribution in [-0.4, -0.2) is 16.5 Å². The molecule has 0 aliphatic rings. The number of para-hydroxylation sites is 2. The number of benzene rings is 1. The lowest BCUT2D eigenvalue weighted by molar-refractivity contribution is -0.384. The van der Waals surface area contributed by atoms with Gasteiger partial charge in [-0.1, -0.05) is 12.1 Å². The lowest BCUT2D eigenvalue weighted by Crippen LogP contribution is -2.06. The maximum absolute atomic E-state index is 10.8. The van der Waals surface area contributed by atoms with E-state index in [1.165, 1.54) is 6.07 Å². The van der Waals surface area contributed by atoms with Crippen molar-refractivity contribution < 1.29 is 4.92 Å². The molecule has 0 radical (unpaired) electrons. The van der Waals surface area contributed by atoms with Crippen LogP contribution in [0.1, 0.15) is 5.69 Å². The van der Waals surface area contributed by atoms with Gasteiger partial charge in [-0.25, -0.2) is 4.98 Å². The monoisotopic (exact) mass is 249 g/mol. The van der Waals surface area contributed by atoms with E-state index >= 15 is 0 Å². The molecule has 0 unspecified atom stereocenters. The summed E-state index contributed by atoms with van der Waals surface area (Å²) in [5.41, 5.74) is 3.43. The Labute approximate surface area is 102 Å². The molecule has 5 nitrogen and oxygen atoms in total. The van der Waals surface area contributed by atoms with Crippen LogP contribution in [0.3, 0.4) is 0 Å². The van der Waals surface area contributed by atoms with Crippen LogP contribution in [0.5, 0.6) is 0 Å². The Morgan fingerprint density at radius 1 is 1.41 bits per heavy atom. The number of hydrogen-bond donors (Lipinski definition) is 1. The van der Waals surface area contributed by atoms with E-state index in [0.717, 1.165) is 12.1 Å². The SMILES string of the molecule is O=[N+]([O-])c1ccccc1NCCc1cscn1. The van der Waals surface area contributed by atoms with Crippen molar-refractivity contribution in [1.82, 2.24) is 4.98 Å². The highest BCUT2D eigenvalue weighted by Crippen LogP contribution is 2.22. The standard InChI is InChI=1S/C11H11N3O2S/c15-14(16)11-4-2-1-3-10(11)12-6-5-9-7-17-8-13-9/h1-4,7-8,12H,5-6H2. The van der Waals surface area contributed by atoms with Gasteiger partial charge in [0.1, 0.15) is 5.69 Å². The Hall–Kier alpha value is -1.95. The summed E-state index contributed by atoms with van der Waals surface area (Å²) in [5.74, 6) is 0. The van der Waals surface area contributed by atoms with Crippen molar-refractivity contribution in [2.75, 3.05) is 11.9 Å². The highest BCUT2D eigenvalue weighted by atomic mass is 32.1. The Bertz CT molecular complexity index is 499. The van der Waals surface area contributed by atoms with Crippen LogP contribution < -0.4 is 5.32 Å². The minimum Gasteiger partial charge on any atom is -0.379 e. The fourth-order valence-electron chi connectivity index (χ4n) is 1.47. The van der Waals surface area contributed by atoms with Crippen molar-refractivity contribution in [3.63, 3.8) is 0 Å². The van der Waals surface area contributed by atoms with Crippen molar-refractivity contribution >= 4 is 22.7 Å². The third kappa shape index (κ3) is 3.01. The number of thiazole rings is 1. The summed E-state index contributed by atoms with van der Waals surface area (Å²) in [4.78, 5) is 14.5. The zero-order valence-electron chi connectivity index (χ0n) is 9.00. The van der Waals surface area contributed by atoms with Gasteiger partial charge < -0.3 is 5.32 Å². The fraction of sp³-hybridized carbons (Fsp3) is 0.182. The molecule has 1 N–H and O–H groups in total. The van der Waals surface area contributed by atoms with Gasteiger partial charge in [-0.05, 0) is 6.07 Å². The van der Waals surface area contributed by atoms with Crippen molar-refractivity contribution in [2.24, 2.45) is 0 Å². The lowest BCUT2D eigenvalue weighted by Gasteiger charge is -2.05. The van der Waals surface area contributed by atoms with E-state index in [4.69, 9.17) is 0 Å². The number of nitrogens with zero attached hydrogens (tertiary/aromatic N) is 2. The van der Waals surface area contributed by atoms with Gasteiger partial charge in [0.25, 0.3) is 5.69 Å². The van der Waals surface area contributed by atoms with Gasteiger partial charge in [0, 0.05) is 24.4 Å². The summed E-state index contributed by atoms with van der Waals surface area (Å²) in [6.07, 6.45) is 0.759. The van der Waals surface area contributed by atoms with Crippen LogP contribution in [0.4, 0.5) is 11.4 Å². The van der Waals surface area contributed by atoms with E-state index in [9.17, 15) is 10.1 Å². The van der Waals surface area contributed by atoms with Crippen molar-refractivity contribution in [1.29, 1.82) is 0 Å². The molecule has 1 aromatic heterocycles. The molecule has 0 aliphatic carbocycles. The second-order valence-electron chi connectivity index (χ2n) is 3.43. The van der Waals surface area contributed by atoms with E-state index in [0.29, 0.717) is 12.2 Å². The van der Waals surface area contributed by atoms with E-state index < -0.39 is 0 Å². The summed E-state index contributed by atoms with van der Waals surface area (Å²) < 4.78 is 0. The first-order chi connectivity index (χ1) is 8.27. The molecular weight excluding hydrogens is 238 g/mol. The first-order valence-corrected chi connectivity index (χ1v) is 6.06. The molecule has 17 heavy (non-hydrogen) atoms. The number of anilines is 1. The Balaban J connectivity index is 1.97. The Morgan fingerprint density at radius 2 is 2.24 bits per heavy atom. The molecular formula is C11H11N3O2S. The largest absolute Gasteiger partial charge is 0.379 e. The molecule has 1 aromatic carbocycles. The van der Waals surface area contributed by atoms with Crippen LogP contribution in [0, 0.1) is 10.1 Å². The summed E-state index contributed by atoms with van der Waals surface area (Å²) in [6.45, 7) is 0.634.